The van der Waals surface area contributed by atoms with Gasteiger partial charge in [-0.2, -0.15) is 5.26 Å². The zero-order valence-corrected chi connectivity index (χ0v) is 28.1. The minimum atomic E-state index is 0.623. The van der Waals surface area contributed by atoms with Gasteiger partial charge < -0.3 is 0 Å². The maximum atomic E-state index is 9.31. The maximum Gasteiger partial charge on any atom is 0.164 e. The lowest BCUT2D eigenvalue weighted by Gasteiger charge is -2.20. The summed E-state index contributed by atoms with van der Waals surface area (Å²) in [5.41, 5.74) is 10.2. The van der Waals surface area contributed by atoms with Gasteiger partial charge in [-0.1, -0.05) is 170 Å². The fourth-order valence-corrected chi connectivity index (χ4v) is 7.13. The maximum absolute atomic E-state index is 9.31. The lowest BCUT2D eigenvalue weighted by molar-refractivity contribution is 1.08. The van der Waals surface area contributed by atoms with Crippen molar-refractivity contribution in [3.8, 4) is 73.6 Å². The second kappa shape index (κ2) is 13.2. The first-order chi connectivity index (χ1) is 25.7. The predicted octanol–water partition coefficient (Wildman–Crippen LogP) is 12.1. The Morgan fingerprint density at radius 1 is 0.327 bits per heavy atom. The van der Waals surface area contributed by atoms with Crippen molar-refractivity contribution in [1.29, 1.82) is 5.26 Å². The molecule has 0 atom stereocenters. The second-order valence-corrected chi connectivity index (χ2v) is 12.7. The van der Waals surface area contributed by atoms with E-state index in [2.05, 4.69) is 103 Å². The highest BCUT2D eigenvalue weighted by Gasteiger charge is 2.22. The van der Waals surface area contributed by atoms with E-state index in [1.165, 1.54) is 5.56 Å². The van der Waals surface area contributed by atoms with Crippen molar-refractivity contribution in [2.75, 3.05) is 0 Å². The third kappa shape index (κ3) is 5.57. The zero-order valence-electron chi connectivity index (χ0n) is 28.1. The average molecular weight is 663 g/mol. The lowest BCUT2D eigenvalue weighted by atomic mass is 9.83. The summed E-state index contributed by atoms with van der Waals surface area (Å²) in [6, 6.07) is 64.7. The van der Waals surface area contributed by atoms with E-state index in [0.717, 1.165) is 66.1 Å². The van der Waals surface area contributed by atoms with Crippen molar-refractivity contribution in [2.24, 2.45) is 0 Å². The van der Waals surface area contributed by atoms with Gasteiger partial charge in [0.15, 0.2) is 17.5 Å². The summed E-state index contributed by atoms with van der Waals surface area (Å²) in [6.07, 6.45) is 0. The minimum Gasteiger partial charge on any atom is -0.208 e. The molecule has 0 unspecified atom stereocenters. The Morgan fingerprint density at radius 3 is 1.33 bits per heavy atom. The topological polar surface area (TPSA) is 62.5 Å². The van der Waals surface area contributed by atoms with Crippen LogP contribution in [-0.4, -0.2) is 15.0 Å². The molecule has 9 rings (SSSR count). The highest BCUT2D eigenvalue weighted by atomic mass is 15.0. The first kappa shape index (κ1) is 30.8. The molecular formula is C48H30N4. The number of rotatable bonds is 6. The van der Waals surface area contributed by atoms with E-state index >= 15 is 0 Å². The van der Waals surface area contributed by atoms with Gasteiger partial charge in [0, 0.05) is 22.1 Å². The van der Waals surface area contributed by atoms with Crippen molar-refractivity contribution in [3.05, 3.63) is 188 Å². The molecule has 0 aliphatic rings. The molecule has 4 heteroatoms. The molecule has 0 saturated heterocycles. The molecule has 1 heterocycles. The van der Waals surface area contributed by atoms with Crippen LogP contribution in [0.2, 0.25) is 0 Å². The summed E-state index contributed by atoms with van der Waals surface area (Å²) < 4.78 is 0. The SMILES string of the molecule is N#Cc1ccc(-c2ccc(-c3c(-c4ccccc4)c4ccccc4c4c(-c5nc(-c6ccccc6)nc(-c6ccccc6)n5)cccc34)cc2)cc1. The van der Waals surface area contributed by atoms with Gasteiger partial charge in [-0.25, -0.2) is 15.0 Å². The van der Waals surface area contributed by atoms with Crippen LogP contribution in [0.3, 0.4) is 0 Å². The van der Waals surface area contributed by atoms with Crippen LogP contribution >= 0.6 is 0 Å². The standard InChI is InChI=1S/C48H30N4/c49-31-32-23-25-33(26-24-32)34-27-29-36(30-28-34)44-41-21-12-22-42(45(41)40-20-11-10-19-39(40)43(44)35-13-4-1-5-14-35)48-51-46(37-15-6-2-7-16-37)50-47(52-48)38-17-8-3-9-18-38/h1-30H. The molecule has 4 nitrogen and oxygen atoms in total. The van der Waals surface area contributed by atoms with Crippen LogP contribution in [0.4, 0.5) is 0 Å². The third-order valence-corrected chi connectivity index (χ3v) is 9.57. The monoisotopic (exact) mass is 662 g/mol. The molecule has 0 spiro atoms. The molecule has 1 aromatic heterocycles. The molecule has 0 aliphatic heterocycles. The number of hydrogen-bond donors (Lipinski definition) is 0. The molecule has 0 radical (unpaired) electrons. The molecular weight excluding hydrogens is 633 g/mol. The first-order valence-electron chi connectivity index (χ1n) is 17.3. The van der Waals surface area contributed by atoms with Crippen LogP contribution in [0.15, 0.2) is 182 Å². The van der Waals surface area contributed by atoms with Gasteiger partial charge in [0.1, 0.15) is 0 Å². The molecule has 242 valence electrons. The van der Waals surface area contributed by atoms with Crippen molar-refractivity contribution in [1.82, 2.24) is 15.0 Å². The number of nitrogens with zero attached hydrogens (tertiary/aromatic N) is 4. The van der Waals surface area contributed by atoms with Crippen LogP contribution < -0.4 is 0 Å². The van der Waals surface area contributed by atoms with Crippen LogP contribution in [0.5, 0.6) is 0 Å². The van der Waals surface area contributed by atoms with E-state index < -0.39 is 0 Å². The fourth-order valence-electron chi connectivity index (χ4n) is 7.13. The molecule has 0 bridgehead atoms. The van der Waals surface area contributed by atoms with E-state index in [-0.39, 0.29) is 0 Å². The highest BCUT2D eigenvalue weighted by Crippen LogP contribution is 2.47. The van der Waals surface area contributed by atoms with Crippen molar-refractivity contribution < 1.29 is 0 Å². The third-order valence-electron chi connectivity index (χ3n) is 9.57. The van der Waals surface area contributed by atoms with E-state index in [4.69, 9.17) is 15.0 Å². The Bertz CT molecular complexity index is 2690. The van der Waals surface area contributed by atoms with E-state index in [1.54, 1.807) is 0 Å². The van der Waals surface area contributed by atoms with Crippen molar-refractivity contribution >= 4 is 21.5 Å². The zero-order chi connectivity index (χ0) is 34.9. The molecule has 0 N–H and O–H groups in total. The largest absolute Gasteiger partial charge is 0.208 e. The summed E-state index contributed by atoms with van der Waals surface area (Å²) in [5.74, 6) is 1.88. The Balaban J connectivity index is 1.34. The van der Waals surface area contributed by atoms with Crippen molar-refractivity contribution in [2.45, 2.75) is 0 Å². The summed E-state index contributed by atoms with van der Waals surface area (Å²) in [7, 11) is 0. The van der Waals surface area contributed by atoms with Gasteiger partial charge in [-0.15, -0.1) is 0 Å². The van der Waals surface area contributed by atoms with Crippen LogP contribution in [-0.2, 0) is 0 Å². The second-order valence-electron chi connectivity index (χ2n) is 12.7. The van der Waals surface area contributed by atoms with Crippen LogP contribution in [0.25, 0.3) is 89.1 Å². The fraction of sp³-hybridized carbons (Fsp3) is 0. The quantitative estimate of drug-likeness (QED) is 0.166. The number of nitriles is 1. The number of hydrogen-bond acceptors (Lipinski definition) is 4. The predicted molar refractivity (Wildman–Crippen MR) is 212 cm³/mol. The van der Waals surface area contributed by atoms with Crippen LogP contribution in [0.1, 0.15) is 5.56 Å². The van der Waals surface area contributed by atoms with E-state index in [1.807, 2.05) is 84.9 Å². The Kier molecular flexibility index (Phi) is 7.85. The van der Waals surface area contributed by atoms with Gasteiger partial charge in [-0.05, 0) is 61.7 Å². The van der Waals surface area contributed by atoms with Gasteiger partial charge >= 0.3 is 0 Å². The van der Waals surface area contributed by atoms with E-state index in [0.29, 0.717) is 23.0 Å². The molecule has 0 fully saturated rings. The van der Waals surface area contributed by atoms with Gasteiger partial charge in [0.2, 0.25) is 0 Å². The lowest BCUT2D eigenvalue weighted by Crippen LogP contribution is -2.01. The number of benzene rings is 8. The van der Waals surface area contributed by atoms with E-state index in [9.17, 15) is 5.26 Å². The Morgan fingerprint density at radius 2 is 0.750 bits per heavy atom. The summed E-state index contributed by atoms with van der Waals surface area (Å²) in [4.78, 5) is 15.3. The molecule has 8 aromatic carbocycles. The summed E-state index contributed by atoms with van der Waals surface area (Å²) in [5, 5.41) is 13.8. The van der Waals surface area contributed by atoms with Gasteiger partial charge in [0.25, 0.3) is 0 Å². The smallest absolute Gasteiger partial charge is 0.164 e. The molecule has 0 aliphatic carbocycles. The van der Waals surface area contributed by atoms with Gasteiger partial charge in [-0.3, -0.25) is 0 Å². The van der Waals surface area contributed by atoms with Gasteiger partial charge in [0.05, 0.1) is 11.6 Å². The summed E-state index contributed by atoms with van der Waals surface area (Å²) >= 11 is 0. The number of fused-ring (bicyclic) bond motifs is 3. The Hall–Kier alpha value is -7.22. The molecule has 0 amide bonds. The number of aromatic nitrogens is 3. The molecule has 0 saturated carbocycles. The summed E-state index contributed by atoms with van der Waals surface area (Å²) in [6.45, 7) is 0. The molecule has 52 heavy (non-hydrogen) atoms. The highest BCUT2D eigenvalue weighted by molar-refractivity contribution is 6.25. The minimum absolute atomic E-state index is 0.623. The molecule has 9 aromatic rings. The average Bonchev–Trinajstić information content (AvgIpc) is 3.24. The first-order valence-corrected chi connectivity index (χ1v) is 17.3. The van der Waals surface area contributed by atoms with Crippen molar-refractivity contribution in [3.63, 3.8) is 0 Å². The Labute approximate surface area is 302 Å². The normalized spacial score (nSPS) is 11.1. The van der Waals surface area contributed by atoms with Crippen LogP contribution in [0, 0.1) is 11.3 Å².